The molecule has 1 heterocycles. The maximum Gasteiger partial charge on any atom is 0.341 e. The SMILES string of the molecule is COc1cc(OC)c2c(=O)[nH]c(-c3ccccc3OCC(=O)O)nc2c1. The fourth-order valence-corrected chi connectivity index (χ4v) is 2.55. The number of nitrogens with zero attached hydrogens (tertiary/aromatic N) is 1. The molecule has 3 aromatic rings. The number of benzene rings is 2. The second-order valence-electron chi connectivity index (χ2n) is 5.32. The van der Waals surface area contributed by atoms with Crippen LogP contribution in [0.3, 0.4) is 0 Å². The molecule has 26 heavy (non-hydrogen) atoms. The highest BCUT2D eigenvalue weighted by molar-refractivity contribution is 5.87. The third-order valence-electron chi connectivity index (χ3n) is 3.70. The van der Waals surface area contributed by atoms with Crippen LogP contribution < -0.4 is 19.8 Å². The zero-order valence-electron chi connectivity index (χ0n) is 14.1. The molecular formula is C18H16N2O6. The van der Waals surface area contributed by atoms with Gasteiger partial charge in [-0.2, -0.15) is 0 Å². The number of carboxylic acids is 1. The van der Waals surface area contributed by atoms with Crippen molar-refractivity contribution in [1.29, 1.82) is 0 Å². The van der Waals surface area contributed by atoms with E-state index in [9.17, 15) is 9.59 Å². The van der Waals surface area contributed by atoms with Gasteiger partial charge in [-0.15, -0.1) is 0 Å². The number of carboxylic acid groups (broad SMARTS) is 1. The molecule has 0 fully saturated rings. The Bertz CT molecular complexity index is 1030. The van der Waals surface area contributed by atoms with Crippen LogP contribution in [-0.2, 0) is 4.79 Å². The second kappa shape index (κ2) is 7.14. The van der Waals surface area contributed by atoms with Crippen LogP contribution in [0.4, 0.5) is 0 Å². The molecule has 0 unspecified atom stereocenters. The minimum atomic E-state index is -1.10. The highest BCUT2D eigenvalue weighted by Gasteiger charge is 2.15. The number of aliphatic carboxylic acids is 1. The summed E-state index contributed by atoms with van der Waals surface area (Å²) in [5.41, 5.74) is 0.458. The molecule has 0 atom stereocenters. The molecule has 8 heteroatoms. The van der Waals surface area contributed by atoms with E-state index in [2.05, 4.69) is 9.97 Å². The van der Waals surface area contributed by atoms with Crippen molar-refractivity contribution in [3.8, 4) is 28.6 Å². The van der Waals surface area contributed by atoms with Crippen molar-refractivity contribution >= 4 is 16.9 Å². The lowest BCUT2D eigenvalue weighted by atomic mass is 10.1. The van der Waals surface area contributed by atoms with Gasteiger partial charge in [0, 0.05) is 12.1 Å². The summed E-state index contributed by atoms with van der Waals surface area (Å²) >= 11 is 0. The zero-order chi connectivity index (χ0) is 18.7. The maximum absolute atomic E-state index is 12.6. The molecule has 0 aliphatic heterocycles. The summed E-state index contributed by atoms with van der Waals surface area (Å²) in [5, 5.41) is 9.10. The van der Waals surface area contributed by atoms with Crippen molar-refractivity contribution in [3.63, 3.8) is 0 Å². The predicted molar refractivity (Wildman–Crippen MR) is 94.0 cm³/mol. The Morgan fingerprint density at radius 1 is 1.15 bits per heavy atom. The molecule has 0 aliphatic rings. The average molecular weight is 356 g/mol. The Balaban J connectivity index is 2.18. The average Bonchev–Trinajstić information content (AvgIpc) is 2.65. The normalized spacial score (nSPS) is 10.5. The third-order valence-corrected chi connectivity index (χ3v) is 3.70. The highest BCUT2D eigenvalue weighted by atomic mass is 16.5. The summed E-state index contributed by atoms with van der Waals surface area (Å²) in [4.78, 5) is 30.5. The fourth-order valence-electron chi connectivity index (χ4n) is 2.55. The standard InChI is InChI=1S/C18H16N2O6/c1-24-10-7-12-16(14(8-10)25-2)18(23)20-17(19-12)11-5-3-4-6-13(11)26-9-15(21)22/h3-8H,9H2,1-2H3,(H,21,22)(H,19,20,23). The molecule has 0 bridgehead atoms. The van der Waals surface area contributed by atoms with Gasteiger partial charge in [-0.3, -0.25) is 4.79 Å². The van der Waals surface area contributed by atoms with Crippen LogP contribution >= 0.6 is 0 Å². The molecule has 2 aromatic carbocycles. The van der Waals surface area contributed by atoms with Crippen LogP contribution in [0.2, 0.25) is 0 Å². The number of aromatic nitrogens is 2. The van der Waals surface area contributed by atoms with Gasteiger partial charge in [0.15, 0.2) is 6.61 Å². The van der Waals surface area contributed by atoms with Crippen LogP contribution in [0, 0.1) is 0 Å². The van der Waals surface area contributed by atoms with Crippen LogP contribution in [0.15, 0.2) is 41.2 Å². The number of hydrogen-bond acceptors (Lipinski definition) is 6. The molecule has 1 aromatic heterocycles. The molecule has 2 N–H and O–H groups in total. The monoisotopic (exact) mass is 356 g/mol. The lowest BCUT2D eigenvalue weighted by Crippen LogP contribution is -2.13. The minimum Gasteiger partial charge on any atom is -0.497 e. The maximum atomic E-state index is 12.6. The van der Waals surface area contributed by atoms with Gasteiger partial charge >= 0.3 is 5.97 Å². The minimum absolute atomic E-state index is 0.249. The van der Waals surface area contributed by atoms with Crippen molar-refractivity contribution < 1.29 is 24.1 Å². The molecule has 0 amide bonds. The van der Waals surface area contributed by atoms with E-state index < -0.39 is 18.1 Å². The lowest BCUT2D eigenvalue weighted by molar-refractivity contribution is -0.139. The Hall–Kier alpha value is -3.55. The van der Waals surface area contributed by atoms with E-state index >= 15 is 0 Å². The quantitative estimate of drug-likeness (QED) is 0.695. The summed E-state index contributed by atoms with van der Waals surface area (Å²) < 4.78 is 15.8. The van der Waals surface area contributed by atoms with Crippen LogP contribution in [0.25, 0.3) is 22.3 Å². The highest BCUT2D eigenvalue weighted by Crippen LogP contribution is 2.31. The van der Waals surface area contributed by atoms with E-state index in [1.165, 1.54) is 14.2 Å². The van der Waals surface area contributed by atoms with Crippen molar-refractivity contribution in [2.75, 3.05) is 20.8 Å². The Morgan fingerprint density at radius 2 is 1.92 bits per heavy atom. The topological polar surface area (TPSA) is 111 Å². The number of aromatic amines is 1. The van der Waals surface area contributed by atoms with Crippen molar-refractivity contribution in [2.45, 2.75) is 0 Å². The second-order valence-corrected chi connectivity index (χ2v) is 5.32. The van der Waals surface area contributed by atoms with E-state index in [1.807, 2.05) is 0 Å². The first-order valence-electron chi connectivity index (χ1n) is 7.63. The molecule has 0 radical (unpaired) electrons. The number of rotatable bonds is 6. The van der Waals surface area contributed by atoms with E-state index in [0.29, 0.717) is 33.7 Å². The van der Waals surface area contributed by atoms with Crippen LogP contribution in [-0.4, -0.2) is 41.9 Å². The molecular weight excluding hydrogens is 340 g/mol. The molecule has 134 valence electrons. The number of methoxy groups -OCH3 is 2. The summed E-state index contributed by atoms with van der Waals surface area (Å²) in [7, 11) is 2.96. The Kier molecular flexibility index (Phi) is 4.74. The van der Waals surface area contributed by atoms with Crippen LogP contribution in [0.1, 0.15) is 0 Å². The smallest absolute Gasteiger partial charge is 0.341 e. The zero-order valence-corrected chi connectivity index (χ0v) is 14.1. The Labute approximate surface area is 148 Å². The molecule has 8 nitrogen and oxygen atoms in total. The van der Waals surface area contributed by atoms with Gasteiger partial charge in [-0.05, 0) is 12.1 Å². The number of para-hydroxylation sites is 1. The van der Waals surface area contributed by atoms with Gasteiger partial charge in [-0.1, -0.05) is 12.1 Å². The number of H-pyrrole nitrogens is 1. The van der Waals surface area contributed by atoms with Crippen molar-refractivity contribution in [3.05, 3.63) is 46.8 Å². The van der Waals surface area contributed by atoms with E-state index in [-0.39, 0.29) is 5.82 Å². The van der Waals surface area contributed by atoms with E-state index in [4.69, 9.17) is 19.3 Å². The predicted octanol–water partition coefficient (Wildman–Crippen LogP) is 2.07. The summed E-state index contributed by atoms with van der Waals surface area (Å²) in [6.07, 6.45) is 0. The van der Waals surface area contributed by atoms with Gasteiger partial charge < -0.3 is 24.3 Å². The summed E-state index contributed by atoms with van der Waals surface area (Å²) in [6, 6.07) is 9.94. The summed E-state index contributed by atoms with van der Waals surface area (Å²) in [5.74, 6) is 0.282. The van der Waals surface area contributed by atoms with Gasteiger partial charge in [0.25, 0.3) is 5.56 Å². The van der Waals surface area contributed by atoms with Gasteiger partial charge in [-0.25, -0.2) is 9.78 Å². The Morgan fingerprint density at radius 3 is 2.62 bits per heavy atom. The third kappa shape index (κ3) is 3.30. The van der Waals surface area contributed by atoms with Crippen molar-refractivity contribution in [2.24, 2.45) is 0 Å². The van der Waals surface area contributed by atoms with Crippen molar-refractivity contribution in [1.82, 2.24) is 9.97 Å². The fraction of sp³-hybridized carbons (Fsp3) is 0.167. The number of fused-ring (bicyclic) bond motifs is 1. The van der Waals surface area contributed by atoms with Gasteiger partial charge in [0.2, 0.25) is 0 Å². The van der Waals surface area contributed by atoms with E-state index in [1.54, 1.807) is 36.4 Å². The summed E-state index contributed by atoms with van der Waals surface area (Å²) in [6.45, 7) is -0.503. The lowest BCUT2D eigenvalue weighted by Gasteiger charge is -2.11. The first-order valence-corrected chi connectivity index (χ1v) is 7.63. The molecule has 3 rings (SSSR count). The molecule has 0 spiro atoms. The first kappa shape index (κ1) is 17.3. The van der Waals surface area contributed by atoms with Crippen LogP contribution in [0.5, 0.6) is 17.2 Å². The number of hydrogen-bond donors (Lipinski definition) is 2. The molecule has 0 aliphatic carbocycles. The number of carbonyl (C=O) groups is 1. The number of nitrogens with one attached hydrogen (secondary N) is 1. The van der Waals surface area contributed by atoms with Gasteiger partial charge in [0.05, 0.1) is 25.3 Å². The largest absolute Gasteiger partial charge is 0.497 e. The van der Waals surface area contributed by atoms with E-state index in [0.717, 1.165) is 0 Å². The molecule has 0 saturated carbocycles. The molecule has 0 saturated heterocycles. The number of ether oxygens (including phenoxy) is 3. The first-order chi connectivity index (χ1) is 12.5. The van der Waals surface area contributed by atoms with Gasteiger partial charge in [0.1, 0.15) is 28.5 Å².